The molecular formula is C15H20N2O3S. The van der Waals surface area contributed by atoms with E-state index in [1.54, 1.807) is 18.8 Å². The normalized spacial score (nSPS) is 10.6. The minimum absolute atomic E-state index is 0.0526. The minimum atomic E-state index is 0.0526. The van der Waals surface area contributed by atoms with Crippen molar-refractivity contribution in [3.05, 3.63) is 33.2 Å². The van der Waals surface area contributed by atoms with Crippen LogP contribution in [0.5, 0.6) is 11.5 Å². The third kappa shape index (κ3) is 3.46. The summed E-state index contributed by atoms with van der Waals surface area (Å²) < 4.78 is 12.3. The van der Waals surface area contributed by atoms with Crippen LogP contribution in [-0.4, -0.2) is 25.3 Å². The highest BCUT2D eigenvalue weighted by Crippen LogP contribution is 2.32. The monoisotopic (exact) mass is 308 g/mol. The van der Waals surface area contributed by atoms with E-state index in [1.807, 2.05) is 23.6 Å². The van der Waals surface area contributed by atoms with E-state index in [0.717, 1.165) is 24.1 Å². The second-order valence-corrected chi connectivity index (χ2v) is 5.42. The van der Waals surface area contributed by atoms with Gasteiger partial charge in [0, 0.05) is 17.5 Å². The van der Waals surface area contributed by atoms with Gasteiger partial charge in [0.1, 0.15) is 0 Å². The summed E-state index contributed by atoms with van der Waals surface area (Å²) in [5, 5.41) is 1.88. The molecule has 1 aromatic carbocycles. The zero-order valence-electron chi connectivity index (χ0n) is 12.3. The first-order valence-electron chi connectivity index (χ1n) is 6.82. The number of nitrogens with zero attached hydrogens (tertiary/aromatic N) is 1. The van der Waals surface area contributed by atoms with E-state index >= 15 is 0 Å². The topological polar surface area (TPSA) is 66.5 Å². The molecule has 1 aromatic heterocycles. The van der Waals surface area contributed by atoms with Crippen LogP contribution in [0.15, 0.2) is 28.4 Å². The molecule has 0 fully saturated rings. The van der Waals surface area contributed by atoms with Crippen LogP contribution < -0.4 is 20.1 Å². The predicted molar refractivity (Wildman–Crippen MR) is 85.4 cm³/mol. The van der Waals surface area contributed by atoms with Crippen LogP contribution in [0.25, 0.3) is 11.3 Å². The third-order valence-corrected chi connectivity index (χ3v) is 4.06. The van der Waals surface area contributed by atoms with Gasteiger partial charge >= 0.3 is 4.87 Å². The molecule has 0 aliphatic carbocycles. The average molecular weight is 308 g/mol. The highest BCUT2D eigenvalue weighted by Gasteiger charge is 2.12. The molecule has 0 atom stereocenters. The standard InChI is InChI=1S/C15H20N2O3S/c1-19-13-6-5-11(9-14(13)20-2)12-10-21-15(18)17(12)8-4-3-7-16/h5-6,9-10H,3-4,7-8,16H2,1-2H3. The molecule has 114 valence electrons. The van der Waals surface area contributed by atoms with Crippen LogP contribution in [0, 0.1) is 0 Å². The van der Waals surface area contributed by atoms with Gasteiger partial charge in [-0.3, -0.25) is 9.36 Å². The number of ether oxygens (including phenoxy) is 2. The maximum absolute atomic E-state index is 12.0. The first-order valence-corrected chi connectivity index (χ1v) is 7.70. The average Bonchev–Trinajstić information content (AvgIpc) is 2.88. The molecule has 2 rings (SSSR count). The van der Waals surface area contributed by atoms with Gasteiger partial charge in [0.05, 0.1) is 19.9 Å². The van der Waals surface area contributed by atoms with Gasteiger partial charge in [-0.15, -0.1) is 0 Å². The molecule has 0 unspecified atom stereocenters. The SMILES string of the molecule is COc1ccc(-c2csc(=O)n2CCCCN)cc1OC. The van der Waals surface area contributed by atoms with E-state index in [2.05, 4.69) is 0 Å². The van der Waals surface area contributed by atoms with Crippen molar-refractivity contribution in [3.8, 4) is 22.8 Å². The molecule has 21 heavy (non-hydrogen) atoms. The summed E-state index contributed by atoms with van der Waals surface area (Å²) in [4.78, 5) is 12.0. The van der Waals surface area contributed by atoms with E-state index in [9.17, 15) is 4.79 Å². The first kappa shape index (κ1) is 15.6. The molecule has 0 bridgehead atoms. The van der Waals surface area contributed by atoms with Crippen molar-refractivity contribution >= 4 is 11.3 Å². The predicted octanol–water partition coefficient (Wildman–Crippen LogP) is 2.33. The van der Waals surface area contributed by atoms with E-state index < -0.39 is 0 Å². The van der Waals surface area contributed by atoms with Gasteiger partial charge in [-0.2, -0.15) is 0 Å². The Morgan fingerprint density at radius 1 is 1.19 bits per heavy atom. The summed E-state index contributed by atoms with van der Waals surface area (Å²) in [6.07, 6.45) is 1.81. The molecule has 0 aliphatic rings. The van der Waals surface area contributed by atoms with Crippen molar-refractivity contribution in [2.24, 2.45) is 5.73 Å². The summed E-state index contributed by atoms with van der Waals surface area (Å²) in [6.45, 7) is 1.33. The molecule has 2 N–H and O–H groups in total. The number of hydrogen-bond donors (Lipinski definition) is 1. The highest BCUT2D eigenvalue weighted by molar-refractivity contribution is 7.07. The van der Waals surface area contributed by atoms with Gasteiger partial charge in [-0.1, -0.05) is 11.3 Å². The Balaban J connectivity index is 2.35. The fraction of sp³-hybridized carbons (Fsp3) is 0.400. The molecule has 0 saturated carbocycles. The highest BCUT2D eigenvalue weighted by atomic mass is 32.1. The quantitative estimate of drug-likeness (QED) is 0.797. The van der Waals surface area contributed by atoms with Crippen molar-refractivity contribution < 1.29 is 9.47 Å². The molecule has 6 heteroatoms. The van der Waals surface area contributed by atoms with E-state index in [0.29, 0.717) is 24.6 Å². The van der Waals surface area contributed by atoms with Crippen molar-refractivity contribution in [2.45, 2.75) is 19.4 Å². The van der Waals surface area contributed by atoms with Crippen LogP contribution in [0.2, 0.25) is 0 Å². The smallest absolute Gasteiger partial charge is 0.307 e. The second kappa shape index (κ2) is 7.28. The second-order valence-electron chi connectivity index (χ2n) is 4.60. The lowest BCUT2D eigenvalue weighted by molar-refractivity contribution is 0.355. The van der Waals surface area contributed by atoms with Gasteiger partial charge < -0.3 is 15.2 Å². The maximum Gasteiger partial charge on any atom is 0.307 e. The Hall–Kier alpha value is -1.79. The van der Waals surface area contributed by atoms with E-state index in [-0.39, 0.29) is 4.87 Å². The number of nitrogens with two attached hydrogens (primary N) is 1. The maximum atomic E-state index is 12.0. The molecule has 0 spiro atoms. The summed E-state index contributed by atoms with van der Waals surface area (Å²) in [5.41, 5.74) is 7.36. The van der Waals surface area contributed by atoms with E-state index in [4.69, 9.17) is 15.2 Å². The molecule has 0 saturated heterocycles. The van der Waals surface area contributed by atoms with Crippen molar-refractivity contribution in [2.75, 3.05) is 20.8 Å². The van der Waals surface area contributed by atoms with Crippen molar-refractivity contribution in [1.29, 1.82) is 0 Å². The fourth-order valence-corrected chi connectivity index (χ4v) is 2.97. The number of thiazole rings is 1. The number of methoxy groups -OCH3 is 2. The van der Waals surface area contributed by atoms with Crippen LogP contribution in [0.3, 0.4) is 0 Å². The first-order chi connectivity index (χ1) is 10.2. The minimum Gasteiger partial charge on any atom is -0.493 e. The molecule has 0 amide bonds. The summed E-state index contributed by atoms with van der Waals surface area (Å²) in [5.74, 6) is 1.33. The Labute approximate surface area is 127 Å². The number of unbranched alkanes of at least 4 members (excludes halogenated alkanes) is 1. The number of rotatable bonds is 7. The molecule has 5 nitrogen and oxygen atoms in total. The van der Waals surface area contributed by atoms with Crippen LogP contribution in [0.4, 0.5) is 0 Å². The number of benzene rings is 1. The van der Waals surface area contributed by atoms with Crippen molar-refractivity contribution in [3.63, 3.8) is 0 Å². The van der Waals surface area contributed by atoms with Crippen LogP contribution in [0.1, 0.15) is 12.8 Å². The van der Waals surface area contributed by atoms with E-state index in [1.165, 1.54) is 11.3 Å². The lowest BCUT2D eigenvalue weighted by atomic mass is 10.1. The Bertz CT molecular complexity index is 649. The molecule has 0 radical (unpaired) electrons. The number of hydrogen-bond acceptors (Lipinski definition) is 5. The van der Waals surface area contributed by atoms with Gasteiger partial charge in [-0.05, 0) is 37.6 Å². The molecular weight excluding hydrogens is 288 g/mol. The lowest BCUT2D eigenvalue weighted by Gasteiger charge is -2.11. The summed E-state index contributed by atoms with van der Waals surface area (Å²) in [7, 11) is 3.20. The van der Waals surface area contributed by atoms with Crippen LogP contribution in [-0.2, 0) is 6.54 Å². The largest absolute Gasteiger partial charge is 0.493 e. The Morgan fingerprint density at radius 3 is 2.62 bits per heavy atom. The fourth-order valence-electron chi connectivity index (χ4n) is 2.18. The third-order valence-electron chi connectivity index (χ3n) is 3.30. The van der Waals surface area contributed by atoms with Gasteiger partial charge in [-0.25, -0.2) is 0 Å². The molecule has 0 aliphatic heterocycles. The van der Waals surface area contributed by atoms with Gasteiger partial charge in [0.25, 0.3) is 0 Å². The zero-order valence-corrected chi connectivity index (χ0v) is 13.1. The Morgan fingerprint density at radius 2 is 1.95 bits per heavy atom. The number of aromatic nitrogens is 1. The van der Waals surface area contributed by atoms with Crippen LogP contribution >= 0.6 is 11.3 Å². The zero-order chi connectivity index (χ0) is 15.2. The lowest BCUT2D eigenvalue weighted by Crippen LogP contribution is -2.15. The van der Waals surface area contributed by atoms with Crippen molar-refractivity contribution in [1.82, 2.24) is 4.57 Å². The molecule has 2 aromatic rings. The van der Waals surface area contributed by atoms with Gasteiger partial charge in [0.2, 0.25) is 0 Å². The Kier molecular flexibility index (Phi) is 5.41. The summed E-state index contributed by atoms with van der Waals surface area (Å²) in [6, 6.07) is 5.67. The molecule has 1 heterocycles. The summed E-state index contributed by atoms with van der Waals surface area (Å²) >= 11 is 1.21. The van der Waals surface area contributed by atoms with Gasteiger partial charge in [0.15, 0.2) is 11.5 Å².